The Kier molecular flexibility index (Phi) is 6.49. The normalized spacial score (nSPS) is 20.5. The van der Waals surface area contributed by atoms with E-state index in [1.807, 2.05) is 0 Å². The van der Waals surface area contributed by atoms with Gasteiger partial charge >= 0.3 is 11.9 Å². The Morgan fingerprint density at radius 1 is 1.24 bits per heavy atom. The molecule has 0 aromatic heterocycles. The molecule has 7 heteroatoms. The van der Waals surface area contributed by atoms with Crippen molar-refractivity contribution < 1.29 is 28.6 Å². The zero-order chi connectivity index (χ0) is 21.0. The zero-order valence-electron chi connectivity index (χ0n) is 16.9. The Labute approximate surface area is 169 Å². The van der Waals surface area contributed by atoms with E-state index in [-0.39, 0.29) is 29.8 Å². The molecule has 1 amide bonds. The topological polar surface area (TPSA) is 82.1 Å². The monoisotopic (exact) mass is 399 g/mol. The summed E-state index contributed by atoms with van der Waals surface area (Å²) < 4.78 is 15.5. The molecule has 1 aromatic carbocycles. The molecule has 0 bridgehead atoms. The molecule has 0 radical (unpaired) electrons. The van der Waals surface area contributed by atoms with Gasteiger partial charge in [0.05, 0.1) is 43.1 Å². The van der Waals surface area contributed by atoms with Gasteiger partial charge in [0.15, 0.2) is 0 Å². The minimum absolute atomic E-state index is 0.0314. The Morgan fingerprint density at radius 2 is 1.97 bits per heavy atom. The van der Waals surface area contributed by atoms with Gasteiger partial charge in [-0.15, -0.1) is 0 Å². The number of esters is 2. The number of amides is 1. The number of hydrogen-bond acceptors (Lipinski definition) is 6. The number of methoxy groups -OCH3 is 1. The summed E-state index contributed by atoms with van der Waals surface area (Å²) in [7, 11) is 1.32. The van der Waals surface area contributed by atoms with Crippen LogP contribution in [-0.4, -0.2) is 55.7 Å². The number of ether oxygens (including phenoxy) is 3. The molecule has 0 aliphatic carbocycles. The molecule has 0 N–H and O–H groups in total. The molecule has 7 nitrogen and oxygen atoms in total. The van der Waals surface area contributed by atoms with Crippen molar-refractivity contribution in [1.29, 1.82) is 0 Å². The highest BCUT2D eigenvalue weighted by atomic mass is 16.5. The highest BCUT2D eigenvalue weighted by Crippen LogP contribution is 2.33. The van der Waals surface area contributed by atoms with E-state index in [9.17, 15) is 14.4 Å². The van der Waals surface area contributed by atoms with E-state index in [2.05, 4.69) is 0 Å². The first-order valence-electron chi connectivity index (χ1n) is 9.68. The van der Waals surface area contributed by atoms with Crippen LogP contribution in [0.3, 0.4) is 0 Å². The molecule has 0 spiro atoms. The van der Waals surface area contributed by atoms with Crippen molar-refractivity contribution in [2.45, 2.75) is 32.8 Å². The van der Waals surface area contributed by atoms with Crippen LogP contribution in [0, 0.1) is 0 Å². The molecule has 3 rings (SSSR count). The zero-order valence-corrected chi connectivity index (χ0v) is 16.9. The lowest BCUT2D eigenvalue weighted by Gasteiger charge is -2.21. The highest BCUT2D eigenvalue weighted by Gasteiger charge is 2.38. The van der Waals surface area contributed by atoms with Crippen LogP contribution < -0.4 is 0 Å². The summed E-state index contributed by atoms with van der Waals surface area (Å²) in [6.45, 7) is 4.79. The number of nitrogens with zero attached hydrogens (tertiary/aromatic N) is 1. The summed E-state index contributed by atoms with van der Waals surface area (Å²) in [6.07, 6.45) is 3.47. The van der Waals surface area contributed by atoms with Crippen molar-refractivity contribution >= 4 is 23.9 Å². The second kappa shape index (κ2) is 9.05. The number of carbonyl (C=O) groups excluding carboxylic acids is 3. The van der Waals surface area contributed by atoms with Crippen LogP contribution >= 0.6 is 0 Å². The minimum atomic E-state index is -0.523. The molecule has 2 aliphatic rings. The summed E-state index contributed by atoms with van der Waals surface area (Å²) in [4.78, 5) is 38.9. The van der Waals surface area contributed by atoms with Gasteiger partial charge in [-0.1, -0.05) is 12.1 Å². The van der Waals surface area contributed by atoms with Gasteiger partial charge in [-0.05, 0) is 50.5 Å². The molecule has 29 heavy (non-hydrogen) atoms. The Balaban J connectivity index is 1.93. The number of carbonyl (C=O) groups is 3. The van der Waals surface area contributed by atoms with Crippen LogP contribution in [0.4, 0.5) is 0 Å². The average molecular weight is 399 g/mol. The van der Waals surface area contributed by atoms with E-state index in [1.165, 1.54) is 7.11 Å². The average Bonchev–Trinajstić information content (AvgIpc) is 3.31. The first-order chi connectivity index (χ1) is 14.0. The molecule has 1 fully saturated rings. The van der Waals surface area contributed by atoms with E-state index in [1.54, 1.807) is 49.1 Å². The second-order valence-electron chi connectivity index (χ2n) is 6.90. The fourth-order valence-electron chi connectivity index (χ4n) is 3.54. The van der Waals surface area contributed by atoms with Gasteiger partial charge in [-0.2, -0.15) is 0 Å². The quantitative estimate of drug-likeness (QED) is 0.540. The number of rotatable bonds is 6. The Morgan fingerprint density at radius 3 is 2.55 bits per heavy atom. The molecule has 154 valence electrons. The van der Waals surface area contributed by atoms with E-state index >= 15 is 0 Å². The summed E-state index contributed by atoms with van der Waals surface area (Å²) in [5.41, 5.74) is 2.22. The summed E-state index contributed by atoms with van der Waals surface area (Å²) >= 11 is 0. The fourth-order valence-corrected chi connectivity index (χ4v) is 3.54. The second-order valence-corrected chi connectivity index (χ2v) is 6.90. The molecule has 1 atom stereocenters. The highest BCUT2D eigenvalue weighted by molar-refractivity contribution is 6.16. The largest absolute Gasteiger partial charge is 0.465 e. The predicted molar refractivity (Wildman–Crippen MR) is 106 cm³/mol. The van der Waals surface area contributed by atoms with Gasteiger partial charge in [0, 0.05) is 12.3 Å². The molecule has 2 aliphatic heterocycles. The molecular weight excluding hydrogens is 374 g/mol. The van der Waals surface area contributed by atoms with Gasteiger partial charge in [-0.3, -0.25) is 4.79 Å². The van der Waals surface area contributed by atoms with Crippen LogP contribution in [0.5, 0.6) is 0 Å². The predicted octanol–water partition coefficient (Wildman–Crippen LogP) is 2.71. The third-order valence-electron chi connectivity index (χ3n) is 5.04. The third-order valence-corrected chi connectivity index (χ3v) is 5.04. The SMILES string of the molecule is CCOC(=O)C1=C(C)N(CC2CCCO2)C(=O)C1=Cc1ccc(C(=O)OC)cc1. The first kappa shape index (κ1) is 20.8. The summed E-state index contributed by atoms with van der Waals surface area (Å²) in [5, 5.41) is 0. The van der Waals surface area contributed by atoms with Crippen LogP contribution in [0.15, 0.2) is 41.1 Å². The van der Waals surface area contributed by atoms with Crippen molar-refractivity contribution in [3.05, 3.63) is 52.2 Å². The Hall–Kier alpha value is -2.93. The van der Waals surface area contributed by atoms with Crippen LogP contribution in [0.2, 0.25) is 0 Å². The van der Waals surface area contributed by atoms with E-state index in [0.29, 0.717) is 30.0 Å². The Bertz CT molecular complexity index is 862. The van der Waals surface area contributed by atoms with Gasteiger partial charge in [0.25, 0.3) is 5.91 Å². The van der Waals surface area contributed by atoms with Gasteiger partial charge in [0.2, 0.25) is 0 Å². The fraction of sp³-hybridized carbons (Fsp3) is 0.409. The number of hydrogen-bond donors (Lipinski definition) is 0. The molecule has 1 saturated heterocycles. The van der Waals surface area contributed by atoms with Crippen LogP contribution in [0.25, 0.3) is 6.08 Å². The van der Waals surface area contributed by atoms with Gasteiger partial charge < -0.3 is 19.1 Å². The van der Waals surface area contributed by atoms with Crippen LogP contribution in [0.1, 0.15) is 42.6 Å². The molecule has 1 aromatic rings. The smallest absolute Gasteiger partial charge is 0.340 e. The lowest BCUT2D eigenvalue weighted by molar-refractivity contribution is -0.138. The summed E-state index contributed by atoms with van der Waals surface area (Å²) in [6, 6.07) is 6.63. The molecule has 1 unspecified atom stereocenters. The lowest BCUT2D eigenvalue weighted by atomic mass is 10.0. The van der Waals surface area contributed by atoms with Crippen LogP contribution in [-0.2, 0) is 23.8 Å². The first-order valence-corrected chi connectivity index (χ1v) is 9.68. The number of allylic oxidation sites excluding steroid dienone is 1. The van der Waals surface area contributed by atoms with Gasteiger partial charge in [-0.25, -0.2) is 9.59 Å². The van der Waals surface area contributed by atoms with E-state index in [0.717, 1.165) is 12.8 Å². The van der Waals surface area contributed by atoms with Crippen molar-refractivity contribution in [3.63, 3.8) is 0 Å². The standard InChI is InChI=1S/C22H25NO6/c1-4-28-22(26)19-14(2)23(13-17-6-5-11-29-17)20(24)18(19)12-15-7-9-16(10-8-15)21(25)27-3/h7-10,12,17H,4-6,11,13H2,1-3H3. The third kappa shape index (κ3) is 4.40. The van der Waals surface area contributed by atoms with Crippen molar-refractivity contribution in [3.8, 4) is 0 Å². The molecular formula is C22H25NO6. The molecule has 0 saturated carbocycles. The maximum atomic E-state index is 13.1. The minimum Gasteiger partial charge on any atom is -0.465 e. The number of benzene rings is 1. The van der Waals surface area contributed by atoms with E-state index < -0.39 is 11.9 Å². The van der Waals surface area contributed by atoms with Crippen molar-refractivity contribution in [2.24, 2.45) is 0 Å². The molecule has 2 heterocycles. The summed E-state index contributed by atoms with van der Waals surface area (Å²) in [5.74, 6) is -1.21. The maximum Gasteiger partial charge on any atom is 0.340 e. The van der Waals surface area contributed by atoms with Crippen molar-refractivity contribution in [1.82, 2.24) is 4.90 Å². The van der Waals surface area contributed by atoms with Gasteiger partial charge in [0.1, 0.15) is 0 Å². The van der Waals surface area contributed by atoms with Crippen molar-refractivity contribution in [2.75, 3.05) is 26.9 Å². The van der Waals surface area contributed by atoms with E-state index in [4.69, 9.17) is 14.2 Å². The lowest BCUT2D eigenvalue weighted by Crippen LogP contribution is -2.33. The maximum absolute atomic E-state index is 13.1.